The third-order valence-electron chi connectivity index (χ3n) is 3.73. The van der Waals surface area contributed by atoms with E-state index in [0.717, 1.165) is 6.42 Å². The fourth-order valence-corrected chi connectivity index (χ4v) is 2.34. The lowest BCUT2D eigenvalue weighted by Gasteiger charge is -2.11. The SMILES string of the molecule is C=C(/N=C(/NC(/C=C/CC(C)C)=C/C=N)c1ccc[nH]1)c1cccc(N(F)F)n1. The Balaban J connectivity index is 2.34. The number of anilines is 1. The number of amidine groups is 1. The lowest BCUT2D eigenvalue weighted by Crippen LogP contribution is -2.24. The van der Waals surface area contributed by atoms with Crippen molar-refractivity contribution in [2.75, 3.05) is 5.34 Å². The van der Waals surface area contributed by atoms with E-state index in [1.165, 1.54) is 18.3 Å². The minimum Gasteiger partial charge on any atom is -0.359 e. The van der Waals surface area contributed by atoms with E-state index >= 15 is 0 Å². The molecule has 0 radical (unpaired) electrons. The predicted octanol–water partition coefficient (Wildman–Crippen LogP) is 5.13. The van der Waals surface area contributed by atoms with Crippen molar-refractivity contribution < 1.29 is 8.96 Å². The number of pyridine rings is 1. The van der Waals surface area contributed by atoms with Gasteiger partial charge in [0.25, 0.3) is 0 Å². The number of aromatic nitrogens is 2. The van der Waals surface area contributed by atoms with Gasteiger partial charge in [0.1, 0.15) is 0 Å². The van der Waals surface area contributed by atoms with Gasteiger partial charge < -0.3 is 15.7 Å². The van der Waals surface area contributed by atoms with Crippen molar-refractivity contribution >= 4 is 23.6 Å². The molecule has 3 N–H and O–H groups in total. The van der Waals surface area contributed by atoms with Gasteiger partial charge in [0.05, 0.1) is 17.1 Å². The first-order chi connectivity index (χ1) is 13.9. The number of nitrogens with zero attached hydrogens (tertiary/aromatic N) is 3. The van der Waals surface area contributed by atoms with Crippen molar-refractivity contribution in [3.63, 3.8) is 0 Å². The summed E-state index contributed by atoms with van der Waals surface area (Å²) in [6.07, 6.45) is 9.28. The van der Waals surface area contributed by atoms with Gasteiger partial charge in [-0.1, -0.05) is 41.5 Å². The maximum atomic E-state index is 12.8. The molecule has 0 unspecified atom stereocenters. The highest BCUT2D eigenvalue weighted by Crippen LogP contribution is 2.18. The monoisotopic (exact) mass is 398 g/mol. The smallest absolute Gasteiger partial charge is 0.194 e. The van der Waals surface area contributed by atoms with Crippen molar-refractivity contribution in [3.8, 4) is 0 Å². The van der Waals surface area contributed by atoms with Crippen LogP contribution in [0.15, 0.2) is 72.0 Å². The number of aliphatic imine (C=N–C) groups is 1. The molecule has 2 aromatic heterocycles. The predicted molar refractivity (Wildman–Crippen MR) is 114 cm³/mol. The molecule has 2 rings (SSSR count). The fraction of sp³-hybridized carbons (Fsp3) is 0.190. The van der Waals surface area contributed by atoms with Gasteiger partial charge in [-0.05, 0) is 54.1 Å². The maximum absolute atomic E-state index is 12.8. The largest absolute Gasteiger partial charge is 0.359 e. The molecule has 2 heterocycles. The second-order valence-electron chi connectivity index (χ2n) is 6.55. The lowest BCUT2D eigenvalue weighted by atomic mass is 10.1. The van der Waals surface area contributed by atoms with Gasteiger partial charge >= 0.3 is 0 Å². The molecule has 0 saturated heterocycles. The van der Waals surface area contributed by atoms with E-state index in [-0.39, 0.29) is 11.4 Å². The molecule has 8 heteroatoms. The Kier molecular flexibility index (Phi) is 8.02. The number of rotatable bonds is 9. The van der Waals surface area contributed by atoms with Crippen LogP contribution in [-0.4, -0.2) is 22.0 Å². The van der Waals surface area contributed by atoms with Crippen LogP contribution in [-0.2, 0) is 0 Å². The standard InChI is InChI=1S/C21H24F2N6/c1-15(2)7-4-8-17(12-13-24)27-21(19-10-6-14-25-19)26-16(3)18-9-5-11-20(28-18)29(22)23/h4-6,8-15,24-25H,3,7H2,1-2H3,(H,26,27)/b8-4+,17-12+,24-13?. The number of aromatic amines is 1. The Labute approximate surface area is 168 Å². The minimum atomic E-state index is -1.06. The van der Waals surface area contributed by atoms with Gasteiger partial charge in [0.15, 0.2) is 11.7 Å². The summed E-state index contributed by atoms with van der Waals surface area (Å²) in [5.74, 6) is 0.439. The molecule has 0 bridgehead atoms. The summed E-state index contributed by atoms with van der Waals surface area (Å²) < 4.78 is 25.6. The fourth-order valence-electron chi connectivity index (χ4n) is 2.34. The van der Waals surface area contributed by atoms with Crippen LogP contribution >= 0.6 is 0 Å². The Morgan fingerprint density at radius 2 is 2.14 bits per heavy atom. The molecule has 152 valence electrons. The van der Waals surface area contributed by atoms with E-state index in [1.54, 1.807) is 18.3 Å². The van der Waals surface area contributed by atoms with Crippen molar-refractivity contribution in [2.45, 2.75) is 20.3 Å². The van der Waals surface area contributed by atoms with E-state index in [0.29, 0.717) is 23.1 Å². The Hall–Kier alpha value is -3.55. The van der Waals surface area contributed by atoms with Crippen LogP contribution in [0.4, 0.5) is 14.8 Å². The van der Waals surface area contributed by atoms with E-state index in [9.17, 15) is 8.96 Å². The zero-order valence-electron chi connectivity index (χ0n) is 16.4. The number of H-pyrrole nitrogens is 1. The summed E-state index contributed by atoms with van der Waals surface area (Å²) in [7, 11) is 0. The summed E-state index contributed by atoms with van der Waals surface area (Å²) in [4.78, 5) is 11.4. The Bertz CT molecular complexity index is 911. The second-order valence-corrected chi connectivity index (χ2v) is 6.55. The molecule has 0 aliphatic carbocycles. The zero-order chi connectivity index (χ0) is 21.2. The molecule has 0 aliphatic rings. The van der Waals surface area contributed by atoms with Crippen molar-refractivity contribution in [1.29, 1.82) is 5.41 Å². The third-order valence-corrected chi connectivity index (χ3v) is 3.73. The topological polar surface area (TPSA) is 80.2 Å². The minimum absolute atomic E-state index is 0.214. The quantitative estimate of drug-likeness (QED) is 0.237. The summed E-state index contributed by atoms with van der Waals surface area (Å²) in [6, 6.07) is 7.83. The van der Waals surface area contributed by atoms with Crippen LogP contribution in [0.3, 0.4) is 0 Å². The number of hydrogen-bond donors (Lipinski definition) is 3. The number of allylic oxidation sites excluding steroid dienone is 3. The molecule has 0 spiro atoms. The van der Waals surface area contributed by atoms with Crippen molar-refractivity contribution in [1.82, 2.24) is 15.3 Å². The van der Waals surface area contributed by atoms with Crippen LogP contribution < -0.4 is 10.7 Å². The molecule has 29 heavy (non-hydrogen) atoms. The summed E-state index contributed by atoms with van der Waals surface area (Å²) in [6.45, 7) is 8.10. The van der Waals surface area contributed by atoms with Gasteiger partial charge in [-0.2, -0.15) is 0 Å². The van der Waals surface area contributed by atoms with Crippen molar-refractivity contribution in [2.24, 2.45) is 10.9 Å². The van der Waals surface area contributed by atoms with E-state index in [2.05, 4.69) is 40.7 Å². The van der Waals surface area contributed by atoms with Crippen LogP contribution in [0.25, 0.3) is 5.70 Å². The Morgan fingerprint density at radius 3 is 2.76 bits per heavy atom. The highest BCUT2D eigenvalue weighted by molar-refractivity contribution is 6.01. The summed E-state index contributed by atoms with van der Waals surface area (Å²) in [5.41, 5.74) is 1.77. The lowest BCUT2D eigenvalue weighted by molar-refractivity contribution is 0.231. The number of hydrogen-bond acceptors (Lipinski definition) is 4. The molecular weight excluding hydrogens is 374 g/mol. The number of nitrogens with one attached hydrogen (secondary N) is 3. The Morgan fingerprint density at radius 1 is 1.34 bits per heavy atom. The molecule has 0 fully saturated rings. The molecule has 0 saturated carbocycles. The molecule has 0 atom stereocenters. The van der Waals surface area contributed by atoms with Crippen molar-refractivity contribution in [3.05, 3.63) is 78.4 Å². The first-order valence-corrected chi connectivity index (χ1v) is 9.05. The molecule has 2 aromatic rings. The van der Waals surface area contributed by atoms with E-state index < -0.39 is 11.2 Å². The van der Waals surface area contributed by atoms with Crippen LogP contribution in [0, 0.1) is 11.3 Å². The molecule has 0 aliphatic heterocycles. The summed E-state index contributed by atoms with van der Waals surface area (Å²) >= 11 is 0. The van der Waals surface area contributed by atoms with E-state index in [1.807, 2.05) is 24.3 Å². The molecule has 0 aromatic carbocycles. The van der Waals surface area contributed by atoms with Gasteiger partial charge in [-0.3, -0.25) is 0 Å². The van der Waals surface area contributed by atoms with E-state index in [4.69, 9.17) is 5.41 Å². The van der Waals surface area contributed by atoms with Gasteiger partial charge in [0, 0.05) is 18.1 Å². The van der Waals surface area contributed by atoms with Gasteiger partial charge in [-0.15, -0.1) is 0 Å². The normalized spacial score (nSPS) is 12.4. The highest BCUT2D eigenvalue weighted by atomic mass is 19.4. The zero-order valence-corrected chi connectivity index (χ0v) is 16.4. The maximum Gasteiger partial charge on any atom is 0.194 e. The average molecular weight is 398 g/mol. The first-order valence-electron chi connectivity index (χ1n) is 9.05. The summed E-state index contributed by atoms with van der Waals surface area (Å²) in [5, 5.41) is 9.49. The average Bonchev–Trinajstić information content (AvgIpc) is 3.22. The molecule has 6 nitrogen and oxygen atoms in total. The van der Waals surface area contributed by atoms with Gasteiger partial charge in [-0.25, -0.2) is 9.98 Å². The van der Waals surface area contributed by atoms with Crippen LogP contribution in [0.2, 0.25) is 0 Å². The highest BCUT2D eigenvalue weighted by Gasteiger charge is 2.11. The van der Waals surface area contributed by atoms with Crippen LogP contribution in [0.1, 0.15) is 31.7 Å². The third kappa shape index (κ3) is 6.84. The molecule has 0 amide bonds. The molecular formula is C21H24F2N6. The van der Waals surface area contributed by atoms with Crippen LogP contribution in [0.5, 0.6) is 0 Å². The van der Waals surface area contributed by atoms with Gasteiger partial charge in [0.2, 0.25) is 0 Å². The number of halogens is 2. The first kappa shape index (κ1) is 21.7. The second kappa shape index (κ2) is 10.7.